The summed E-state index contributed by atoms with van der Waals surface area (Å²) in [7, 11) is 3.71. The maximum absolute atomic E-state index is 13.0. The molecule has 4 rings (SSSR count). The van der Waals surface area contributed by atoms with Gasteiger partial charge in [-0.15, -0.1) is 0 Å². The van der Waals surface area contributed by atoms with Crippen LogP contribution in [-0.4, -0.2) is 67.9 Å². The fraction of sp³-hybridized carbons (Fsp3) is 0.538. The topological polar surface area (TPSA) is 106 Å². The van der Waals surface area contributed by atoms with Crippen LogP contribution in [0.4, 0.5) is 0 Å². The Hall–Kier alpha value is -1.89. The van der Waals surface area contributed by atoms with Crippen molar-refractivity contribution in [3.8, 4) is 11.5 Å². The monoisotopic (exact) mass is 609 g/mol. The third-order valence-electron chi connectivity index (χ3n) is 7.67. The van der Waals surface area contributed by atoms with Gasteiger partial charge in [0.25, 0.3) is 0 Å². The Morgan fingerprint density at radius 3 is 2.69 bits per heavy atom. The van der Waals surface area contributed by atoms with E-state index in [1.54, 1.807) is 14.2 Å². The number of rotatable bonds is 8. The molecule has 2 saturated heterocycles. The number of fused-ring (bicyclic) bond motifs is 3. The standard InChI is InChI=1S/C26H33BINO7/c1-5-14(8-15-9-19(28)24(30)21(10-15)35-4)6-7-20-22-16(13-34-3)11-17-23(18(22)12-27(33)36-20)26(32)29(2)25(17)31/h8-10,17-18,20,23,30,33H,5-7,11-13H2,1-4H3/b14-8+/t17-,18+,20-,23-/m1/s1. The molecule has 0 unspecified atom stereocenters. The van der Waals surface area contributed by atoms with Gasteiger partial charge in [-0.3, -0.25) is 14.5 Å². The number of ether oxygens (including phenoxy) is 2. The van der Waals surface area contributed by atoms with Gasteiger partial charge in [0.05, 0.1) is 35.2 Å². The maximum Gasteiger partial charge on any atom is 0.455 e. The van der Waals surface area contributed by atoms with Gasteiger partial charge in [-0.1, -0.05) is 18.6 Å². The van der Waals surface area contributed by atoms with Crippen molar-refractivity contribution in [1.29, 1.82) is 0 Å². The molecule has 0 spiro atoms. The van der Waals surface area contributed by atoms with Crippen LogP contribution in [0.5, 0.6) is 11.5 Å². The van der Waals surface area contributed by atoms with Crippen LogP contribution in [0.25, 0.3) is 6.08 Å². The number of phenols is 1. The van der Waals surface area contributed by atoms with Gasteiger partial charge in [-0.25, -0.2) is 0 Å². The molecule has 4 atom stereocenters. The molecule has 2 N–H and O–H groups in total. The first-order valence-electron chi connectivity index (χ1n) is 12.3. The van der Waals surface area contributed by atoms with Gasteiger partial charge < -0.3 is 24.3 Å². The summed E-state index contributed by atoms with van der Waals surface area (Å²) < 4.78 is 17.5. The average Bonchev–Trinajstić information content (AvgIpc) is 3.07. The lowest BCUT2D eigenvalue weighted by Crippen LogP contribution is -2.46. The lowest BCUT2D eigenvalue weighted by molar-refractivity contribution is -0.138. The van der Waals surface area contributed by atoms with Crippen molar-refractivity contribution in [3.05, 3.63) is 38.0 Å². The number of likely N-dealkylation sites (tertiary alicyclic amines) is 1. The maximum atomic E-state index is 13.0. The number of nitrogens with zero attached hydrogens (tertiary/aromatic N) is 1. The van der Waals surface area contributed by atoms with Crippen LogP contribution in [0, 0.1) is 21.3 Å². The minimum absolute atomic E-state index is 0.128. The summed E-state index contributed by atoms with van der Waals surface area (Å²) in [6, 6.07) is 3.72. The number of methoxy groups -OCH3 is 2. The van der Waals surface area contributed by atoms with E-state index in [1.165, 1.54) is 17.6 Å². The second-order valence-corrected chi connectivity index (χ2v) is 10.9. The second kappa shape index (κ2) is 11.2. The summed E-state index contributed by atoms with van der Waals surface area (Å²) in [5.41, 5.74) is 4.16. The number of carbonyl (C=O) groups is 2. The Kier molecular flexibility index (Phi) is 8.48. The molecule has 1 aromatic rings. The molecule has 2 fully saturated rings. The molecule has 0 saturated carbocycles. The first-order valence-corrected chi connectivity index (χ1v) is 13.4. The second-order valence-electron chi connectivity index (χ2n) is 9.73. The quantitative estimate of drug-likeness (QED) is 0.201. The Labute approximate surface area is 225 Å². The van der Waals surface area contributed by atoms with E-state index in [0.29, 0.717) is 35.1 Å². The lowest BCUT2D eigenvalue weighted by Gasteiger charge is -2.43. The zero-order chi connectivity index (χ0) is 26.1. The van der Waals surface area contributed by atoms with Crippen LogP contribution in [0.15, 0.2) is 28.9 Å². The minimum atomic E-state index is -0.989. The van der Waals surface area contributed by atoms with Crippen molar-refractivity contribution in [2.45, 2.75) is 45.0 Å². The minimum Gasteiger partial charge on any atom is -0.504 e. The smallest absolute Gasteiger partial charge is 0.455 e. The van der Waals surface area contributed by atoms with Gasteiger partial charge in [-0.05, 0) is 89.4 Å². The molecule has 10 heteroatoms. The summed E-state index contributed by atoms with van der Waals surface area (Å²) in [6.07, 6.45) is 4.71. The van der Waals surface area contributed by atoms with Gasteiger partial charge in [0.1, 0.15) is 0 Å². The normalized spacial score (nSPS) is 26.4. The van der Waals surface area contributed by atoms with Gasteiger partial charge in [-0.2, -0.15) is 0 Å². The molecule has 2 heterocycles. The molecule has 36 heavy (non-hydrogen) atoms. The molecule has 2 aliphatic heterocycles. The first-order chi connectivity index (χ1) is 17.2. The molecule has 8 nitrogen and oxygen atoms in total. The van der Waals surface area contributed by atoms with Gasteiger partial charge >= 0.3 is 7.12 Å². The fourth-order valence-electron chi connectivity index (χ4n) is 5.96. The zero-order valence-corrected chi connectivity index (χ0v) is 23.3. The molecule has 0 bridgehead atoms. The lowest BCUT2D eigenvalue weighted by atomic mass is 9.58. The molecular formula is C26H33BINO7. The predicted octanol–water partition coefficient (Wildman–Crippen LogP) is 3.65. The van der Waals surface area contributed by atoms with Crippen LogP contribution in [0.1, 0.15) is 38.2 Å². The molecule has 0 radical (unpaired) electrons. The molecule has 1 aliphatic carbocycles. The van der Waals surface area contributed by atoms with Crippen LogP contribution >= 0.6 is 22.6 Å². The Balaban J connectivity index is 1.61. The number of carbonyl (C=O) groups excluding carboxylic acids is 2. The van der Waals surface area contributed by atoms with E-state index in [-0.39, 0.29) is 29.6 Å². The van der Waals surface area contributed by atoms with Gasteiger partial charge in [0.2, 0.25) is 11.8 Å². The SMILES string of the molecule is CC/C(=C\c1cc(I)c(O)c(OC)c1)CC[C@H]1OB(O)C[C@H]2C1=C(COC)C[C@H]1C(=O)N(C)C(=O)[C@H]12. The predicted molar refractivity (Wildman–Crippen MR) is 144 cm³/mol. The van der Waals surface area contributed by atoms with Crippen LogP contribution < -0.4 is 4.74 Å². The van der Waals surface area contributed by atoms with Crippen molar-refractivity contribution in [2.75, 3.05) is 27.9 Å². The van der Waals surface area contributed by atoms with Crippen molar-refractivity contribution >= 4 is 47.6 Å². The molecule has 194 valence electrons. The number of amides is 2. The highest BCUT2D eigenvalue weighted by atomic mass is 127. The van der Waals surface area contributed by atoms with Crippen molar-refractivity contribution in [3.63, 3.8) is 0 Å². The fourth-order valence-corrected chi connectivity index (χ4v) is 6.59. The van der Waals surface area contributed by atoms with E-state index in [9.17, 15) is 19.7 Å². The zero-order valence-electron chi connectivity index (χ0n) is 21.1. The molecule has 2 amide bonds. The first kappa shape index (κ1) is 27.2. The van der Waals surface area contributed by atoms with E-state index >= 15 is 0 Å². The van der Waals surface area contributed by atoms with E-state index in [0.717, 1.165) is 29.6 Å². The van der Waals surface area contributed by atoms with Gasteiger partial charge in [0.15, 0.2) is 11.5 Å². The molecule has 3 aliphatic rings. The van der Waals surface area contributed by atoms with Crippen LogP contribution in [0.3, 0.4) is 0 Å². The average molecular weight is 609 g/mol. The van der Waals surface area contributed by atoms with Crippen LogP contribution in [-0.2, 0) is 19.0 Å². The van der Waals surface area contributed by atoms with E-state index in [2.05, 4.69) is 35.6 Å². The number of hydrogen-bond acceptors (Lipinski definition) is 7. The Morgan fingerprint density at radius 2 is 2.03 bits per heavy atom. The summed E-state index contributed by atoms with van der Waals surface area (Å²) in [6.45, 7) is 2.46. The summed E-state index contributed by atoms with van der Waals surface area (Å²) >= 11 is 2.08. The summed E-state index contributed by atoms with van der Waals surface area (Å²) in [5.74, 6) is -0.842. The highest BCUT2D eigenvalue weighted by Crippen LogP contribution is 2.50. The summed E-state index contributed by atoms with van der Waals surface area (Å²) in [5, 5.41) is 20.8. The highest BCUT2D eigenvalue weighted by Gasteiger charge is 2.56. The molecular weight excluding hydrogens is 576 g/mol. The van der Waals surface area contributed by atoms with E-state index < -0.39 is 19.0 Å². The van der Waals surface area contributed by atoms with Gasteiger partial charge in [0, 0.05) is 14.2 Å². The van der Waals surface area contributed by atoms with Crippen molar-refractivity contribution < 1.29 is 33.8 Å². The number of aromatic hydroxyl groups is 1. The van der Waals surface area contributed by atoms with E-state index in [1.807, 2.05) is 12.1 Å². The van der Waals surface area contributed by atoms with Crippen molar-refractivity contribution in [2.24, 2.45) is 17.8 Å². The Morgan fingerprint density at radius 1 is 1.28 bits per heavy atom. The molecule has 0 aromatic heterocycles. The summed E-state index contributed by atoms with van der Waals surface area (Å²) in [4.78, 5) is 27.0. The largest absolute Gasteiger partial charge is 0.504 e. The number of benzene rings is 1. The third kappa shape index (κ3) is 5.10. The Bertz CT molecular complexity index is 1100. The van der Waals surface area contributed by atoms with E-state index in [4.69, 9.17) is 14.1 Å². The highest BCUT2D eigenvalue weighted by molar-refractivity contribution is 14.1. The number of allylic oxidation sites excluding steroid dienone is 1. The third-order valence-corrected chi connectivity index (χ3v) is 8.49. The molecule has 1 aromatic carbocycles. The number of halogens is 1. The van der Waals surface area contributed by atoms with Crippen LogP contribution in [0.2, 0.25) is 6.32 Å². The number of hydrogen-bond donors (Lipinski definition) is 2. The van der Waals surface area contributed by atoms with Crippen molar-refractivity contribution in [1.82, 2.24) is 4.90 Å². The number of imide groups is 1. The number of phenolic OH excluding ortho intramolecular Hbond substituents is 1.